The lowest BCUT2D eigenvalue weighted by Crippen LogP contribution is -2.03. The average Bonchev–Trinajstić information content (AvgIpc) is 2.37. The fourth-order valence-corrected chi connectivity index (χ4v) is 1.62. The van der Waals surface area contributed by atoms with Crippen molar-refractivity contribution in [2.75, 3.05) is 25.7 Å². The first-order valence-electron chi connectivity index (χ1n) is 5.38. The molecule has 0 saturated heterocycles. The fourth-order valence-electron chi connectivity index (χ4n) is 1.37. The molecule has 1 aromatic rings. The summed E-state index contributed by atoms with van der Waals surface area (Å²) in [7, 11) is 1.56. The lowest BCUT2D eigenvalue weighted by atomic mass is 10.1. The monoisotopic (exact) mass is 268 g/mol. The molecule has 0 amide bonds. The zero-order valence-corrected chi connectivity index (χ0v) is 11.2. The second kappa shape index (κ2) is 7.66. The Balaban J connectivity index is 2.96. The Bertz CT molecular complexity index is 429. The van der Waals surface area contributed by atoms with Crippen molar-refractivity contribution in [1.29, 1.82) is 0 Å². The Hall–Kier alpha value is -1.62. The van der Waals surface area contributed by atoms with Gasteiger partial charge in [-0.05, 0) is 18.4 Å². The van der Waals surface area contributed by atoms with E-state index in [2.05, 4.69) is 0 Å². The molecule has 1 aromatic carbocycles. The summed E-state index contributed by atoms with van der Waals surface area (Å²) in [6.45, 7) is 0.551. The Morgan fingerprint density at radius 3 is 2.89 bits per heavy atom. The number of para-hydroxylation sites is 1. The normalized spacial score (nSPS) is 10.6. The van der Waals surface area contributed by atoms with Gasteiger partial charge in [-0.3, -0.25) is 0 Å². The number of thioether (sulfide) groups is 1. The first-order chi connectivity index (χ1) is 8.69. The van der Waals surface area contributed by atoms with Crippen molar-refractivity contribution >= 4 is 23.8 Å². The van der Waals surface area contributed by atoms with E-state index in [0.29, 0.717) is 23.7 Å². The molecule has 0 saturated carbocycles. The maximum atomic E-state index is 10.5. The topological polar surface area (TPSA) is 55.8 Å². The quantitative estimate of drug-likeness (QED) is 0.608. The molecular weight excluding hydrogens is 252 g/mol. The van der Waals surface area contributed by atoms with Crippen LogP contribution in [-0.4, -0.2) is 36.8 Å². The molecule has 18 heavy (non-hydrogen) atoms. The van der Waals surface area contributed by atoms with E-state index in [4.69, 9.17) is 14.6 Å². The number of ether oxygens (including phenoxy) is 2. The molecule has 98 valence electrons. The van der Waals surface area contributed by atoms with Crippen molar-refractivity contribution in [2.45, 2.75) is 0 Å². The average molecular weight is 268 g/mol. The molecule has 0 fully saturated rings. The molecule has 0 aliphatic carbocycles. The lowest BCUT2D eigenvalue weighted by Gasteiger charge is -2.12. The van der Waals surface area contributed by atoms with Crippen LogP contribution in [0.1, 0.15) is 5.56 Å². The first-order valence-corrected chi connectivity index (χ1v) is 6.78. The van der Waals surface area contributed by atoms with Crippen LogP contribution in [-0.2, 0) is 4.79 Å². The number of methoxy groups -OCH3 is 1. The molecule has 0 aliphatic heterocycles. The predicted octanol–water partition coefficient (Wildman–Crippen LogP) is 2.53. The predicted molar refractivity (Wildman–Crippen MR) is 73.5 cm³/mol. The van der Waals surface area contributed by atoms with Gasteiger partial charge in [-0.15, -0.1) is 0 Å². The molecule has 0 spiro atoms. The van der Waals surface area contributed by atoms with Crippen LogP contribution >= 0.6 is 11.8 Å². The molecule has 0 atom stereocenters. The number of carboxylic acid groups (broad SMARTS) is 1. The smallest absolute Gasteiger partial charge is 0.328 e. The van der Waals surface area contributed by atoms with E-state index in [1.807, 2.05) is 6.26 Å². The van der Waals surface area contributed by atoms with Crippen molar-refractivity contribution in [2.24, 2.45) is 0 Å². The minimum atomic E-state index is -0.993. The van der Waals surface area contributed by atoms with Gasteiger partial charge in [-0.1, -0.05) is 12.1 Å². The number of hydrogen-bond donors (Lipinski definition) is 1. The molecule has 1 N–H and O–H groups in total. The molecule has 0 radical (unpaired) electrons. The van der Waals surface area contributed by atoms with Gasteiger partial charge < -0.3 is 14.6 Å². The number of carboxylic acids is 1. The summed E-state index contributed by atoms with van der Waals surface area (Å²) in [6, 6.07) is 5.37. The minimum Gasteiger partial charge on any atom is -0.493 e. The molecule has 4 nitrogen and oxygen atoms in total. The summed E-state index contributed by atoms with van der Waals surface area (Å²) < 4.78 is 10.9. The molecule has 0 unspecified atom stereocenters. The van der Waals surface area contributed by atoms with Gasteiger partial charge in [0.05, 0.1) is 13.7 Å². The van der Waals surface area contributed by atoms with E-state index >= 15 is 0 Å². The van der Waals surface area contributed by atoms with E-state index in [1.54, 1.807) is 37.1 Å². The minimum absolute atomic E-state index is 0.551. The van der Waals surface area contributed by atoms with Gasteiger partial charge in [0.25, 0.3) is 0 Å². The number of benzene rings is 1. The van der Waals surface area contributed by atoms with E-state index in [1.165, 1.54) is 6.08 Å². The Labute approximate surface area is 111 Å². The van der Waals surface area contributed by atoms with Gasteiger partial charge in [-0.2, -0.15) is 11.8 Å². The maximum Gasteiger partial charge on any atom is 0.328 e. The van der Waals surface area contributed by atoms with E-state index < -0.39 is 5.97 Å². The van der Waals surface area contributed by atoms with Crippen LogP contribution in [0.15, 0.2) is 24.3 Å². The van der Waals surface area contributed by atoms with Crippen LogP contribution < -0.4 is 9.47 Å². The van der Waals surface area contributed by atoms with Gasteiger partial charge >= 0.3 is 5.97 Å². The van der Waals surface area contributed by atoms with Crippen molar-refractivity contribution in [3.8, 4) is 11.5 Å². The molecule has 1 rings (SSSR count). The highest BCUT2D eigenvalue weighted by Crippen LogP contribution is 2.32. The van der Waals surface area contributed by atoms with E-state index in [0.717, 1.165) is 11.8 Å². The third-order valence-corrected chi connectivity index (χ3v) is 2.74. The first kappa shape index (κ1) is 14.4. The number of rotatable bonds is 7. The standard InChI is InChI=1S/C13H16O4S/c1-16-11-5-3-4-10(6-7-12(14)15)13(11)17-8-9-18-2/h3-7H,8-9H2,1-2H3,(H,14,15)/b7-6+. The zero-order chi connectivity index (χ0) is 13.4. The van der Waals surface area contributed by atoms with E-state index in [9.17, 15) is 4.79 Å². The van der Waals surface area contributed by atoms with Crippen LogP contribution in [0.3, 0.4) is 0 Å². The van der Waals surface area contributed by atoms with Crippen molar-refractivity contribution in [3.63, 3.8) is 0 Å². The number of hydrogen-bond acceptors (Lipinski definition) is 4. The van der Waals surface area contributed by atoms with Gasteiger partial charge in [0.1, 0.15) is 0 Å². The van der Waals surface area contributed by atoms with E-state index in [-0.39, 0.29) is 0 Å². The van der Waals surface area contributed by atoms with Crippen LogP contribution in [0, 0.1) is 0 Å². The third-order valence-electron chi connectivity index (χ3n) is 2.17. The van der Waals surface area contributed by atoms with Crippen molar-refractivity contribution in [1.82, 2.24) is 0 Å². The van der Waals surface area contributed by atoms with Crippen LogP contribution in [0.2, 0.25) is 0 Å². The molecular formula is C13H16O4S. The highest BCUT2D eigenvalue weighted by atomic mass is 32.2. The highest BCUT2D eigenvalue weighted by molar-refractivity contribution is 7.98. The Kier molecular flexibility index (Phi) is 6.14. The Morgan fingerprint density at radius 1 is 1.50 bits per heavy atom. The van der Waals surface area contributed by atoms with Crippen LogP contribution in [0.25, 0.3) is 6.08 Å². The fraction of sp³-hybridized carbons (Fsp3) is 0.308. The SMILES string of the molecule is COc1cccc(/C=C/C(=O)O)c1OCCSC. The van der Waals surface area contributed by atoms with Gasteiger partial charge in [0, 0.05) is 17.4 Å². The van der Waals surface area contributed by atoms with Gasteiger partial charge in [-0.25, -0.2) is 4.79 Å². The maximum absolute atomic E-state index is 10.5. The molecule has 0 heterocycles. The second-order valence-electron chi connectivity index (χ2n) is 3.39. The van der Waals surface area contributed by atoms with Gasteiger partial charge in [0.2, 0.25) is 0 Å². The molecule has 0 aromatic heterocycles. The van der Waals surface area contributed by atoms with Crippen molar-refractivity contribution in [3.05, 3.63) is 29.8 Å². The summed E-state index contributed by atoms with van der Waals surface area (Å²) in [5.74, 6) is 1.04. The molecule has 0 aliphatic rings. The summed E-state index contributed by atoms with van der Waals surface area (Å²) in [5, 5.41) is 8.64. The highest BCUT2D eigenvalue weighted by Gasteiger charge is 2.08. The lowest BCUT2D eigenvalue weighted by molar-refractivity contribution is -0.131. The van der Waals surface area contributed by atoms with Gasteiger partial charge in [0.15, 0.2) is 11.5 Å². The molecule has 0 bridgehead atoms. The summed E-state index contributed by atoms with van der Waals surface area (Å²) in [4.78, 5) is 10.5. The zero-order valence-electron chi connectivity index (χ0n) is 10.4. The van der Waals surface area contributed by atoms with Crippen LogP contribution in [0.5, 0.6) is 11.5 Å². The largest absolute Gasteiger partial charge is 0.493 e. The summed E-state index contributed by atoms with van der Waals surface area (Å²) >= 11 is 1.68. The second-order valence-corrected chi connectivity index (χ2v) is 4.38. The number of carbonyl (C=O) groups is 1. The number of aliphatic carboxylic acids is 1. The summed E-state index contributed by atoms with van der Waals surface area (Å²) in [5.41, 5.74) is 0.692. The summed E-state index contributed by atoms with van der Waals surface area (Å²) in [6.07, 6.45) is 4.58. The molecule has 5 heteroatoms. The van der Waals surface area contributed by atoms with Crippen molar-refractivity contribution < 1.29 is 19.4 Å². The van der Waals surface area contributed by atoms with Crippen LogP contribution in [0.4, 0.5) is 0 Å². The Morgan fingerprint density at radius 2 is 2.28 bits per heavy atom. The third kappa shape index (κ3) is 4.33.